The third-order valence-corrected chi connectivity index (χ3v) is 3.39. The number of aryl methyl sites for hydroxylation is 1. The van der Waals surface area contributed by atoms with Crippen LogP contribution in [0.15, 0.2) is 12.1 Å². The van der Waals surface area contributed by atoms with E-state index in [-0.39, 0.29) is 0 Å². The van der Waals surface area contributed by atoms with Crippen molar-refractivity contribution in [2.24, 2.45) is 0 Å². The van der Waals surface area contributed by atoms with Crippen LogP contribution < -0.4 is 5.73 Å². The van der Waals surface area contributed by atoms with Gasteiger partial charge in [-0.1, -0.05) is 50.3 Å². The standard InChI is InChI=1S/C14H22ClNO/c1-3-4-5-6-7-13(17)11-8-10(2)14(16)12(15)9-11/h8-9,13,17H,3-7,16H2,1-2H3. The van der Waals surface area contributed by atoms with Gasteiger partial charge in [0.15, 0.2) is 0 Å². The zero-order valence-corrected chi connectivity index (χ0v) is 11.4. The van der Waals surface area contributed by atoms with Gasteiger partial charge in [0.25, 0.3) is 0 Å². The fourth-order valence-electron chi connectivity index (χ4n) is 1.91. The Morgan fingerprint density at radius 3 is 2.59 bits per heavy atom. The lowest BCUT2D eigenvalue weighted by Crippen LogP contribution is -2.00. The summed E-state index contributed by atoms with van der Waals surface area (Å²) in [7, 11) is 0. The van der Waals surface area contributed by atoms with E-state index in [0.29, 0.717) is 10.7 Å². The van der Waals surface area contributed by atoms with Crippen LogP contribution in [0.1, 0.15) is 56.3 Å². The number of hydrogen-bond donors (Lipinski definition) is 2. The summed E-state index contributed by atoms with van der Waals surface area (Å²) in [5.74, 6) is 0. The highest BCUT2D eigenvalue weighted by Crippen LogP contribution is 2.29. The van der Waals surface area contributed by atoms with Crippen molar-refractivity contribution in [1.82, 2.24) is 0 Å². The average Bonchev–Trinajstić information content (AvgIpc) is 2.30. The van der Waals surface area contributed by atoms with Gasteiger partial charge in [0.1, 0.15) is 0 Å². The van der Waals surface area contributed by atoms with E-state index in [1.54, 1.807) is 6.07 Å². The molecule has 1 rings (SSSR count). The lowest BCUT2D eigenvalue weighted by Gasteiger charge is -2.13. The van der Waals surface area contributed by atoms with E-state index in [9.17, 15) is 5.11 Å². The molecule has 0 aliphatic carbocycles. The van der Waals surface area contributed by atoms with Crippen LogP contribution in [0, 0.1) is 6.92 Å². The van der Waals surface area contributed by atoms with Crippen LogP contribution in [0.3, 0.4) is 0 Å². The number of unbranched alkanes of at least 4 members (excludes halogenated alkanes) is 3. The Bertz CT molecular complexity index is 342. The fourth-order valence-corrected chi connectivity index (χ4v) is 2.18. The van der Waals surface area contributed by atoms with E-state index in [0.717, 1.165) is 24.0 Å². The molecule has 1 atom stereocenters. The number of nitrogens with two attached hydrogens (primary N) is 1. The van der Waals surface area contributed by atoms with Gasteiger partial charge < -0.3 is 10.8 Å². The lowest BCUT2D eigenvalue weighted by atomic mass is 10.0. The number of benzene rings is 1. The Morgan fingerprint density at radius 1 is 1.29 bits per heavy atom. The van der Waals surface area contributed by atoms with E-state index >= 15 is 0 Å². The highest BCUT2D eigenvalue weighted by molar-refractivity contribution is 6.33. The van der Waals surface area contributed by atoms with E-state index < -0.39 is 6.10 Å². The third-order valence-electron chi connectivity index (χ3n) is 3.07. The number of halogens is 1. The first-order valence-electron chi connectivity index (χ1n) is 6.29. The molecule has 0 amide bonds. The van der Waals surface area contributed by atoms with Gasteiger partial charge in [0.2, 0.25) is 0 Å². The average molecular weight is 256 g/mol. The molecule has 0 fully saturated rings. The van der Waals surface area contributed by atoms with Gasteiger partial charge >= 0.3 is 0 Å². The van der Waals surface area contributed by atoms with E-state index in [1.807, 2.05) is 13.0 Å². The topological polar surface area (TPSA) is 46.2 Å². The molecule has 0 bridgehead atoms. The van der Waals surface area contributed by atoms with Crippen LogP contribution >= 0.6 is 11.6 Å². The van der Waals surface area contributed by atoms with Gasteiger partial charge in [-0.3, -0.25) is 0 Å². The van der Waals surface area contributed by atoms with Gasteiger partial charge in [-0.25, -0.2) is 0 Å². The predicted octanol–water partition coefficient (Wildman–Crippen LogP) is 4.23. The van der Waals surface area contributed by atoms with Crippen molar-refractivity contribution in [3.63, 3.8) is 0 Å². The minimum atomic E-state index is -0.427. The number of aliphatic hydroxyl groups excluding tert-OH is 1. The van der Waals surface area contributed by atoms with E-state index in [4.69, 9.17) is 17.3 Å². The summed E-state index contributed by atoms with van der Waals surface area (Å²) >= 11 is 6.01. The maximum Gasteiger partial charge on any atom is 0.0790 e. The van der Waals surface area contributed by atoms with Gasteiger partial charge in [-0.2, -0.15) is 0 Å². The van der Waals surface area contributed by atoms with E-state index in [1.165, 1.54) is 19.3 Å². The summed E-state index contributed by atoms with van der Waals surface area (Å²) < 4.78 is 0. The molecule has 0 aromatic heterocycles. The third kappa shape index (κ3) is 4.21. The number of anilines is 1. The molecule has 1 unspecified atom stereocenters. The van der Waals surface area contributed by atoms with Gasteiger partial charge in [-0.05, 0) is 30.5 Å². The zero-order chi connectivity index (χ0) is 12.8. The van der Waals surface area contributed by atoms with Crippen LogP contribution in [0.2, 0.25) is 5.02 Å². The zero-order valence-electron chi connectivity index (χ0n) is 10.7. The van der Waals surface area contributed by atoms with Crippen LogP contribution in [-0.4, -0.2) is 5.11 Å². The maximum absolute atomic E-state index is 10.1. The molecular weight excluding hydrogens is 234 g/mol. The molecular formula is C14H22ClNO. The minimum Gasteiger partial charge on any atom is -0.397 e. The molecule has 0 spiro atoms. The molecule has 0 saturated carbocycles. The second-order valence-corrected chi connectivity index (χ2v) is 5.01. The molecule has 3 heteroatoms. The van der Waals surface area contributed by atoms with Crippen LogP contribution in [-0.2, 0) is 0 Å². The highest BCUT2D eigenvalue weighted by Gasteiger charge is 2.10. The molecule has 3 N–H and O–H groups in total. The number of rotatable bonds is 6. The second kappa shape index (κ2) is 6.87. The first-order chi connectivity index (χ1) is 8.06. The van der Waals surface area contributed by atoms with E-state index in [2.05, 4.69) is 6.92 Å². The summed E-state index contributed by atoms with van der Waals surface area (Å²) in [6.07, 6.45) is 5.03. The fraction of sp³-hybridized carbons (Fsp3) is 0.571. The minimum absolute atomic E-state index is 0.427. The van der Waals surface area contributed by atoms with Crippen LogP contribution in [0.25, 0.3) is 0 Å². The highest BCUT2D eigenvalue weighted by atomic mass is 35.5. The van der Waals surface area contributed by atoms with Crippen molar-refractivity contribution in [3.05, 3.63) is 28.3 Å². The molecule has 0 aliphatic rings. The largest absolute Gasteiger partial charge is 0.397 e. The molecule has 0 saturated heterocycles. The molecule has 1 aromatic rings. The molecule has 1 aromatic carbocycles. The Kier molecular flexibility index (Phi) is 5.79. The van der Waals surface area contributed by atoms with Gasteiger partial charge in [0.05, 0.1) is 16.8 Å². The maximum atomic E-state index is 10.1. The van der Waals surface area contributed by atoms with Gasteiger partial charge in [0, 0.05) is 0 Å². The summed E-state index contributed by atoms with van der Waals surface area (Å²) in [4.78, 5) is 0. The van der Waals surface area contributed by atoms with Crippen molar-refractivity contribution in [1.29, 1.82) is 0 Å². The van der Waals surface area contributed by atoms with Crippen molar-refractivity contribution in [2.45, 2.75) is 52.1 Å². The summed E-state index contributed by atoms with van der Waals surface area (Å²) in [6, 6.07) is 3.69. The lowest BCUT2D eigenvalue weighted by molar-refractivity contribution is 0.163. The smallest absolute Gasteiger partial charge is 0.0790 e. The Morgan fingerprint density at radius 2 is 2.00 bits per heavy atom. The second-order valence-electron chi connectivity index (χ2n) is 4.60. The Hall–Kier alpha value is -0.730. The number of nitrogen functional groups attached to an aromatic ring is 1. The molecule has 96 valence electrons. The quantitative estimate of drug-likeness (QED) is 0.590. The van der Waals surface area contributed by atoms with Crippen molar-refractivity contribution in [2.75, 3.05) is 5.73 Å². The van der Waals surface area contributed by atoms with Crippen molar-refractivity contribution in [3.8, 4) is 0 Å². The molecule has 0 radical (unpaired) electrons. The molecule has 0 heterocycles. The molecule has 2 nitrogen and oxygen atoms in total. The Balaban J connectivity index is 2.60. The van der Waals surface area contributed by atoms with Gasteiger partial charge in [-0.15, -0.1) is 0 Å². The normalized spacial score (nSPS) is 12.7. The molecule has 0 aliphatic heterocycles. The first kappa shape index (κ1) is 14.3. The van der Waals surface area contributed by atoms with Crippen LogP contribution in [0.5, 0.6) is 0 Å². The van der Waals surface area contributed by atoms with Crippen molar-refractivity contribution < 1.29 is 5.11 Å². The summed E-state index contributed by atoms with van der Waals surface area (Å²) in [5.41, 5.74) is 8.19. The summed E-state index contributed by atoms with van der Waals surface area (Å²) in [6.45, 7) is 4.09. The SMILES string of the molecule is CCCCCCC(O)c1cc(C)c(N)c(Cl)c1. The predicted molar refractivity (Wildman–Crippen MR) is 74.3 cm³/mol. The first-order valence-corrected chi connectivity index (χ1v) is 6.67. The summed E-state index contributed by atoms with van der Waals surface area (Å²) in [5, 5.41) is 10.6. The number of aliphatic hydroxyl groups is 1. The van der Waals surface area contributed by atoms with Crippen LogP contribution in [0.4, 0.5) is 5.69 Å². The monoisotopic (exact) mass is 255 g/mol. The molecule has 17 heavy (non-hydrogen) atoms. The van der Waals surface area contributed by atoms with Crippen molar-refractivity contribution >= 4 is 17.3 Å². The number of hydrogen-bond acceptors (Lipinski definition) is 2. The Labute approximate surface area is 109 Å².